The molecule has 1 unspecified atom stereocenters. The molecule has 0 amide bonds. The number of carbonyl (C=O) groups excluding carboxylic acids is 1. The molecule has 78 valence electrons. The standard InChI is InChI=1S/C11H23NO/c1-6-7-10(2)12(5)8-11(3,4)9-13/h9-10H,6-8H2,1-5H3. The summed E-state index contributed by atoms with van der Waals surface area (Å²) >= 11 is 0. The number of hydrogen-bond acceptors (Lipinski definition) is 2. The minimum atomic E-state index is -0.212. The van der Waals surface area contributed by atoms with Gasteiger partial charge in [-0.3, -0.25) is 0 Å². The second-order valence-electron chi connectivity index (χ2n) is 4.66. The fraction of sp³-hybridized carbons (Fsp3) is 0.909. The molecule has 2 heteroatoms. The second-order valence-corrected chi connectivity index (χ2v) is 4.66. The van der Waals surface area contributed by atoms with Gasteiger partial charge in [0.05, 0.1) is 0 Å². The molecule has 0 spiro atoms. The Kier molecular flexibility index (Phi) is 5.23. The van der Waals surface area contributed by atoms with Crippen LogP contribution < -0.4 is 0 Å². The first kappa shape index (κ1) is 12.6. The topological polar surface area (TPSA) is 20.3 Å². The molecule has 2 nitrogen and oxygen atoms in total. The van der Waals surface area contributed by atoms with Crippen LogP contribution in [-0.4, -0.2) is 30.8 Å². The highest BCUT2D eigenvalue weighted by Gasteiger charge is 2.21. The van der Waals surface area contributed by atoms with Crippen LogP contribution in [0.5, 0.6) is 0 Å². The van der Waals surface area contributed by atoms with Gasteiger partial charge in [0.2, 0.25) is 0 Å². The van der Waals surface area contributed by atoms with Gasteiger partial charge in [-0.1, -0.05) is 27.2 Å². The van der Waals surface area contributed by atoms with Crippen LogP contribution in [0.3, 0.4) is 0 Å². The highest BCUT2D eigenvalue weighted by Crippen LogP contribution is 2.15. The molecule has 0 aliphatic rings. The molecular weight excluding hydrogens is 162 g/mol. The van der Waals surface area contributed by atoms with Gasteiger partial charge in [-0.2, -0.15) is 0 Å². The molecule has 0 saturated carbocycles. The molecule has 0 aromatic carbocycles. The van der Waals surface area contributed by atoms with Gasteiger partial charge in [-0.25, -0.2) is 0 Å². The van der Waals surface area contributed by atoms with E-state index >= 15 is 0 Å². The Morgan fingerprint density at radius 2 is 2.00 bits per heavy atom. The average Bonchev–Trinajstić information content (AvgIpc) is 2.04. The van der Waals surface area contributed by atoms with Crippen LogP contribution in [-0.2, 0) is 4.79 Å². The summed E-state index contributed by atoms with van der Waals surface area (Å²) in [6.45, 7) is 9.21. The highest BCUT2D eigenvalue weighted by atomic mass is 16.1. The number of hydrogen-bond donors (Lipinski definition) is 0. The molecule has 0 aliphatic carbocycles. The average molecular weight is 185 g/mol. The minimum Gasteiger partial charge on any atom is -0.303 e. The van der Waals surface area contributed by atoms with Crippen LogP contribution in [0.2, 0.25) is 0 Å². The summed E-state index contributed by atoms with van der Waals surface area (Å²) < 4.78 is 0. The molecule has 0 aliphatic heterocycles. The zero-order valence-electron chi connectivity index (χ0n) is 9.63. The van der Waals surface area contributed by atoms with Crippen molar-refractivity contribution in [3.8, 4) is 0 Å². The predicted molar refractivity (Wildman–Crippen MR) is 56.8 cm³/mol. The lowest BCUT2D eigenvalue weighted by molar-refractivity contribution is -0.115. The van der Waals surface area contributed by atoms with Crippen molar-refractivity contribution in [3.63, 3.8) is 0 Å². The van der Waals surface area contributed by atoms with Gasteiger partial charge in [-0.05, 0) is 20.4 Å². The molecule has 0 fully saturated rings. The van der Waals surface area contributed by atoms with Gasteiger partial charge in [0.15, 0.2) is 0 Å². The van der Waals surface area contributed by atoms with E-state index in [0.717, 1.165) is 12.8 Å². The molecule has 0 N–H and O–H groups in total. The maximum Gasteiger partial charge on any atom is 0.126 e. The molecule has 0 aromatic heterocycles. The van der Waals surface area contributed by atoms with E-state index < -0.39 is 0 Å². The van der Waals surface area contributed by atoms with Crippen molar-refractivity contribution in [3.05, 3.63) is 0 Å². The zero-order valence-corrected chi connectivity index (χ0v) is 9.63. The van der Waals surface area contributed by atoms with Crippen LogP contribution in [0.15, 0.2) is 0 Å². The van der Waals surface area contributed by atoms with E-state index in [1.54, 1.807) is 0 Å². The Morgan fingerprint density at radius 3 is 2.38 bits per heavy atom. The van der Waals surface area contributed by atoms with Crippen LogP contribution in [0.1, 0.15) is 40.5 Å². The molecule has 0 rings (SSSR count). The zero-order chi connectivity index (χ0) is 10.5. The van der Waals surface area contributed by atoms with Crippen molar-refractivity contribution in [2.24, 2.45) is 5.41 Å². The Bertz CT molecular complexity index is 154. The van der Waals surface area contributed by atoms with Gasteiger partial charge in [-0.15, -0.1) is 0 Å². The van der Waals surface area contributed by atoms with E-state index in [1.165, 1.54) is 12.8 Å². The van der Waals surface area contributed by atoms with E-state index in [9.17, 15) is 4.79 Å². The van der Waals surface area contributed by atoms with E-state index in [-0.39, 0.29) is 5.41 Å². The summed E-state index contributed by atoms with van der Waals surface area (Å²) in [5, 5.41) is 0. The molecular formula is C11H23NO. The lowest BCUT2D eigenvalue weighted by Crippen LogP contribution is -2.37. The Morgan fingerprint density at radius 1 is 1.46 bits per heavy atom. The normalized spacial score (nSPS) is 14.6. The predicted octanol–water partition coefficient (Wildman–Crippen LogP) is 2.33. The summed E-state index contributed by atoms with van der Waals surface area (Å²) in [5.41, 5.74) is -0.212. The quantitative estimate of drug-likeness (QED) is 0.592. The maximum absolute atomic E-state index is 10.7. The smallest absolute Gasteiger partial charge is 0.126 e. The summed E-state index contributed by atoms with van der Waals surface area (Å²) in [5.74, 6) is 0. The van der Waals surface area contributed by atoms with Crippen molar-refractivity contribution in [1.82, 2.24) is 4.90 Å². The fourth-order valence-electron chi connectivity index (χ4n) is 1.47. The van der Waals surface area contributed by atoms with Gasteiger partial charge in [0.25, 0.3) is 0 Å². The number of aldehydes is 1. The van der Waals surface area contributed by atoms with Crippen molar-refractivity contribution < 1.29 is 4.79 Å². The van der Waals surface area contributed by atoms with E-state index in [2.05, 4.69) is 25.8 Å². The Balaban J connectivity index is 3.98. The number of carbonyl (C=O) groups is 1. The van der Waals surface area contributed by atoms with Gasteiger partial charge in [0.1, 0.15) is 6.29 Å². The largest absolute Gasteiger partial charge is 0.303 e. The van der Waals surface area contributed by atoms with E-state index in [0.29, 0.717) is 6.04 Å². The molecule has 13 heavy (non-hydrogen) atoms. The number of nitrogens with zero attached hydrogens (tertiary/aromatic N) is 1. The molecule has 0 radical (unpaired) electrons. The maximum atomic E-state index is 10.7. The Labute approximate surface area is 82.3 Å². The van der Waals surface area contributed by atoms with E-state index in [4.69, 9.17) is 0 Å². The van der Waals surface area contributed by atoms with Crippen LogP contribution in [0, 0.1) is 5.41 Å². The van der Waals surface area contributed by atoms with Gasteiger partial charge < -0.3 is 9.69 Å². The highest BCUT2D eigenvalue weighted by molar-refractivity contribution is 5.58. The summed E-state index contributed by atoms with van der Waals surface area (Å²) in [4.78, 5) is 13.0. The molecule has 0 saturated heterocycles. The first-order valence-electron chi connectivity index (χ1n) is 5.09. The first-order chi connectivity index (χ1) is 5.93. The molecule has 0 heterocycles. The summed E-state index contributed by atoms with van der Waals surface area (Å²) in [7, 11) is 2.09. The van der Waals surface area contributed by atoms with E-state index in [1.807, 2.05) is 13.8 Å². The Hall–Kier alpha value is -0.370. The first-order valence-corrected chi connectivity index (χ1v) is 5.09. The third-order valence-corrected chi connectivity index (χ3v) is 2.43. The number of rotatable bonds is 6. The molecule has 0 aromatic rings. The third-order valence-electron chi connectivity index (χ3n) is 2.43. The van der Waals surface area contributed by atoms with Crippen LogP contribution in [0.4, 0.5) is 0 Å². The third kappa shape index (κ3) is 5.04. The van der Waals surface area contributed by atoms with Crippen LogP contribution in [0.25, 0.3) is 0 Å². The lowest BCUT2D eigenvalue weighted by atomic mass is 9.94. The second kappa shape index (κ2) is 5.38. The van der Waals surface area contributed by atoms with Crippen molar-refractivity contribution in [2.75, 3.05) is 13.6 Å². The summed E-state index contributed by atoms with van der Waals surface area (Å²) in [6.07, 6.45) is 3.45. The lowest BCUT2D eigenvalue weighted by Gasteiger charge is -2.30. The van der Waals surface area contributed by atoms with Gasteiger partial charge in [0, 0.05) is 18.0 Å². The fourth-order valence-corrected chi connectivity index (χ4v) is 1.47. The molecule has 1 atom stereocenters. The summed E-state index contributed by atoms with van der Waals surface area (Å²) in [6, 6.07) is 0.573. The van der Waals surface area contributed by atoms with Crippen molar-refractivity contribution >= 4 is 6.29 Å². The van der Waals surface area contributed by atoms with Crippen molar-refractivity contribution in [2.45, 2.75) is 46.6 Å². The van der Waals surface area contributed by atoms with Crippen molar-refractivity contribution in [1.29, 1.82) is 0 Å². The monoisotopic (exact) mass is 185 g/mol. The molecule has 0 bridgehead atoms. The SMILES string of the molecule is CCCC(C)N(C)CC(C)(C)C=O. The van der Waals surface area contributed by atoms with Crippen LogP contribution >= 0.6 is 0 Å². The van der Waals surface area contributed by atoms with Gasteiger partial charge >= 0.3 is 0 Å². The minimum absolute atomic E-state index is 0.212.